The molecular weight excluding hydrogens is 286 g/mol. The van der Waals surface area contributed by atoms with E-state index >= 15 is 0 Å². The topological polar surface area (TPSA) is 50.1 Å². The lowest BCUT2D eigenvalue weighted by Crippen LogP contribution is -2.18. The molecule has 1 aromatic heterocycles. The second-order valence-electron chi connectivity index (χ2n) is 5.71. The van der Waals surface area contributed by atoms with E-state index < -0.39 is 0 Å². The molecule has 0 saturated heterocycles. The quantitative estimate of drug-likeness (QED) is 0.755. The van der Waals surface area contributed by atoms with Crippen molar-refractivity contribution in [3.05, 3.63) is 77.6 Å². The Bertz CT molecular complexity index is 780. The molecule has 3 aromatic rings. The van der Waals surface area contributed by atoms with Gasteiger partial charge in [0.15, 0.2) is 0 Å². The fourth-order valence-corrected chi connectivity index (χ4v) is 2.72. The molecular formula is C19H21N3O. The van der Waals surface area contributed by atoms with Crippen LogP contribution in [0.15, 0.2) is 60.8 Å². The number of phenolic OH excluding ortho intramolecular Hbond substituents is 1. The van der Waals surface area contributed by atoms with Gasteiger partial charge in [-0.1, -0.05) is 30.3 Å². The van der Waals surface area contributed by atoms with Crippen LogP contribution >= 0.6 is 0 Å². The largest absolute Gasteiger partial charge is 0.508 e. The minimum absolute atomic E-state index is 0.176. The first kappa shape index (κ1) is 15.3. The first-order valence-corrected chi connectivity index (χ1v) is 7.76. The van der Waals surface area contributed by atoms with Crippen LogP contribution in [0.4, 0.5) is 0 Å². The molecule has 4 heteroatoms. The Morgan fingerprint density at radius 1 is 1.13 bits per heavy atom. The summed E-state index contributed by atoms with van der Waals surface area (Å²) in [7, 11) is 0. The summed E-state index contributed by atoms with van der Waals surface area (Å²) >= 11 is 0. The molecule has 0 aliphatic rings. The minimum Gasteiger partial charge on any atom is -0.508 e. The number of hydrogen-bond donors (Lipinski definition) is 2. The smallest absolute Gasteiger partial charge is 0.115 e. The molecule has 0 bridgehead atoms. The van der Waals surface area contributed by atoms with Gasteiger partial charge in [0.1, 0.15) is 5.75 Å². The van der Waals surface area contributed by atoms with Crippen LogP contribution in [0.3, 0.4) is 0 Å². The van der Waals surface area contributed by atoms with Crippen molar-refractivity contribution in [2.24, 2.45) is 0 Å². The molecule has 2 aromatic carbocycles. The lowest BCUT2D eigenvalue weighted by molar-refractivity contribution is 0.473. The zero-order chi connectivity index (χ0) is 16.2. The van der Waals surface area contributed by atoms with Gasteiger partial charge in [-0.05, 0) is 43.7 Å². The van der Waals surface area contributed by atoms with Gasteiger partial charge < -0.3 is 10.4 Å². The van der Waals surface area contributed by atoms with Crippen molar-refractivity contribution in [2.45, 2.75) is 26.4 Å². The summed E-state index contributed by atoms with van der Waals surface area (Å²) < 4.78 is 1.96. The molecule has 23 heavy (non-hydrogen) atoms. The normalized spacial score (nSPS) is 12.3. The Labute approximate surface area is 136 Å². The number of hydrogen-bond acceptors (Lipinski definition) is 3. The van der Waals surface area contributed by atoms with Crippen LogP contribution in [0.25, 0.3) is 5.69 Å². The van der Waals surface area contributed by atoms with Crippen molar-refractivity contribution in [3.63, 3.8) is 0 Å². The van der Waals surface area contributed by atoms with Gasteiger partial charge >= 0.3 is 0 Å². The zero-order valence-electron chi connectivity index (χ0n) is 13.4. The van der Waals surface area contributed by atoms with E-state index in [2.05, 4.69) is 36.4 Å². The van der Waals surface area contributed by atoms with Gasteiger partial charge in [-0.2, -0.15) is 5.10 Å². The third-order valence-electron chi connectivity index (χ3n) is 4.04. The average Bonchev–Trinajstić information content (AvgIpc) is 2.95. The lowest BCUT2D eigenvalue weighted by Gasteiger charge is -2.14. The van der Waals surface area contributed by atoms with Crippen molar-refractivity contribution in [1.29, 1.82) is 0 Å². The second-order valence-corrected chi connectivity index (χ2v) is 5.71. The van der Waals surface area contributed by atoms with E-state index in [1.807, 2.05) is 41.2 Å². The van der Waals surface area contributed by atoms with Crippen LogP contribution in [-0.2, 0) is 6.54 Å². The van der Waals surface area contributed by atoms with Gasteiger partial charge in [0.25, 0.3) is 0 Å². The Kier molecular flexibility index (Phi) is 4.44. The van der Waals surface area contributed by atoms with E-state index in [1.54, 1.807) is 12.1 Å². The number of rotatable bonds is 5. The highest BCUT2D eigenvalue weighted by Crippen LogP contribution is 2.20. The summed E-state index contributed by atoms with van der Waals surface area (Å²) in [5.41, 5.74) is 4.43. The Hall–Kier alpha value is -2.59. The second kappa shape index (κ2) is 6.67. The first-order valence-electron chi connectivity index (χ1n) is 7.76. The van der Waals surface area contributed by atoms with Crippen LogP contribution in [0.5, 0.6) is 5.75 Å². The molecule has 118 valence electrons. The van der Waals surface area contributed by atoms with Crippen LogP contribution in [-0.4, -0.2) is 14.9 Å². The summed E-state index contributed by atoms with van der Waals surface area (Å²) in [6, 6.07) is 17.6. The van der Waals surface area contributed by atoms with E-state index in [0.29, 0.717) is 12.3 Å². The molecule has 1 heterocycles. The van der Waals surface area contributed by atoms with E-state index in [1.165, 1.54) is 5.56 Å². The van der Waals surface area contributed by atoms with Crippen LogP contribution in [0, 0.1) is 6.92 Å². The maximum absolute atomic E-state index is 9.53. The Morgan fingerprint density at radius 2 is 1.91 bits per heavy atom. The first-order chi connectivity index (χ1) is 11.1. The molecule has 1 atom stereocenters. The third kappa shape index (κ3) is 3.43. The highest BCUT2D eigenvalue weighted by atomic mass is 16.3. The Balaban J connectivity index is 1.73. The van der Waals surface area contributed by atoms with Crippen molar-refractivity contribution in [3.8, 4) is 11.4 Å². The van der Waals surface area contributed by atoms with Crippen LogP contribution in [0.2, 0.25) is 0 Å². The standard InChI is InChI=1S/C19H21N3O/c1-14(20-12-16-7-6-10-18(23)11-16)19-13-21-22(15(19)2)17-8-4-3-5-9-17/h3-11,13-14,20,23H,12H2,1-2H3/t14-/m0/s1. The number of para-hydroxylation sites is 1. The maximum atomic E-state index is 9.53. The number of aromatic hydroxyl groups is 1. The van der Waals surface area contributed by atoms with E-state index in [0.717, 1.165) is 16.9 Å². The van der Waals surface area contributed by atoms with Crippen molar-refractivity contribution in [2.75, 3.05) is 0 Å². The third-order valence-corrected chi connectivity index (χ3v) is 4.04. The highest BCUT2D eigenvalue weighted by molar-refractivity contribution is 5.35. The molecule has 0 saturated carbocycles. The number of nitrogens with zero attached hydrogens (tertiary/aromatic N) is 2. The fraction of sp³-hybridized carbons (Fsp3) is 0.211. The molecule has 0 fully saturated rings. The van der Waals surface area contributed by atoms with Crippen LogP contribution in [0.1, 0.15) is 29.8 Å². The van der Waals surface area contributed by atoms with Crippen molar-refractivity contribution < 1.29 is 5.11 Å². The number of benzene rings is 2. The molecule has 2 N–H and O–H groups in total. The number of nitrogens with one attached hydrogen (secondary N) is 1. The van der Waals surface area contributed by atoms with Gasteiger partial charge in [0.05, 0.1) is 11.9 Å². The molecule has 0 unspecified atom stereocenters. The van der Waals surface area contributed by atoms with Crippen molar-refractivity contribution in [1.82, 2.24) is 15.1 Å². The molecule has 0 amide bonds. The SMILES string of the molecule is Cc1c([C@H](C)NCc2cccc(O)c2)cnn1-c1ccccc1. The summed E-state index contributed by atoms with van der Waals surface area (Å²) in [6.45, 7) is 4.91. The van der Waals surface area contributed by atoms with E-state index in [-0.39, 0.29) is 6.04 Å². The zero-order valence-corrected chi connectivity index (χ0v) is 13.4. The predicted octanol–water partition coefficient (Wildman–Crippen LogP) is 3.74. The van der Waals surface area contributed by atoms with E-state index in [9.17, 15) is 5.11 Å². The van der Waals surface area contributed by atoms with Gasteiger partial charge in [0.2, 0.25) is 0 Å². The minimum atomic E-state index is 0.176. The number of aromatic nitrogens is 2. The monoisotopic (exact) mass is 307 g/mol. The fourth-order valence-electron chi connectivity index (χ4n) is 2.72. The summed E-state index contributed by atoms with van der Waals surface area (Å²) in [6.07, 6.45) is 1.92. The van der Waals surface area contributed by atoms with Crippen LogP contribution < -0.4 is 5.32 Å². The molecule has 0 aliphatic heterocycles. The molecule has 0 radical (unpaired) electrons. The van der Waals surface area contributed by atoms with Gasteiger partial charge in [-0.25, -0.2) is 4.68 Å². The van der Waals surface area contributed by atoms with Gasteiger partial charge in [-0.15, -0.1) is 0 Å². The lowest BCUT2D eigenvalue weighted by atomic mass is 10.1. The van der Waals surface area contributed by atoms with Crippen molar-refractivity contribution >= 4 is 0 Å². The highest BCUT2D eigenvalue weighted by Gasteiger charge is 2.13. The number of phenols is 1. The summed E-state index contributed by atoms with van der Waals surface area (Å²) in [4.78, 5) is 0. The van der Waals surface area contributed by atoms with E-state index in [4.69, 9.17) is 0 Å². The molecule has 0 spiro atoms. The molecule has 0 aliphatic carbocycles. The molecule has 3 rings (SSSR count). The Morgan fingerprint density at radius 3 is 2.65 bits per heavy atom. The average molecular weight is 307 g/mol. The molecule has 4 nitrogen and oxygen atoms in total. The maximum Gasteiger partial charge on any atom is 0.115 e. The van der Waals surface area contributed by atoms with Gasteiger partial charge in [-0.3, -0.25) is 0 Å². The summed E-state index contributed by atoms with van der Waals surface area (Å²) in [5.74, 6) is 0.296. The van der Waals surface area contributed by atoms with Gasteiger partial charge in [0, 0.05) is 23.8 Å². The summed E-state index contributed by atoms with van der Waals surface area (Å²) in [5, 5.41) is 17.5. The predicted molar refractivity (Wildman–Crippen MR) is 91.7 cm³/mol.